The quantitative estimate of drug-likeness (QED) is 0.569. The number of aromatic nitrogens is 2. The number of carbonyl (C=O) groups is 1. The first-order valence-corrected chi connectivity index (χ1v) is 3.40. The zero-order valence-corrected chi connectivity index (χ0v) is 5.53. The minimum absolute atomic E-state index is 0.509. The third kappa shape index (κ3) is 0.744. The fourth-order valence-electron chi connectivity index (χ4n) is 1.04. The number of aldehydes is 1. The molecule has 0 radical (unpaired) electrons. The van der Waals surface area contributed by atoms with Crippen LogP contribution in [0.2, 0.25) is 0 Å². The second-order valence-corrected chi connectivity index (χ2v) is 2.55. The molecule has 0 amide bonds. The summed E-state index contributed by atoms with van der Waals surface area (Å²) in [7, 11) is 0. The predicted molar refractivity (Wildman–Crippen MR) is 35.9 cm³/mol. The van der Waals surface area contributed by atoms with Crippen molar-refractivity contribution < 1.29 is 4.79 Å². The molecule has 1 aliphatic rings. The van der Waals surface area contributed by atoms with Crippen molar-refractivity contribution in [1.29, 1.82) is 0 Å². The fourth-order valence-corrected chi connectivity index (χ4v) is 1.04. The van der Waals surface area contributed by atoms with E-state index in [0.29, 0.717) is 11.7 Å². The molecule has 10 heavy (non-hydrogen) atoms. The smallest absolute Gasteiger partial charge is 0.168 e. The van der Waals surface area contributed by atoms with E-state index in [1.807, 2.05) is 0 Å². The standard InChI is InChI=1S/C7H8N2O/c10-5-7-3-4-8-9(7)6-1-2-6/h3-6H,1-2H2. The molecule has 3 nitrogen and oxygen atoms in total. The van der Waals surface area contributed by atoms with Crippen LogP contribution >= 0.6 is 0 Å². The van der Waals surface area contributed by atoms with E-state index in [0.717, 1.165) is 6.29 Å². The van der Waals surface area contributed by atoms with Crippen LogP contribution in [-0.4, -0.2) is 16.1 Å². The zero-order chi connectivity index (χ0) is 6.97. The van der Waals surface area contributed by atoms with Gasteiger partial charge in [-0.3, -0.25) is 9.48 Å². The van der Waals surface area contributed by atoms with Crippen LogP contribution in [0, 0.1) is 0 Å². The van der Waals surface area contributed by atoms with Crippen molar-refractivity contribution in [2.75, 3.05) is 0 Å². The summed E-state index contributed by atoms with van der Waals surface area (Å²) < 4.78 is 1.80. The number of rotatable bonds is 2. The van der Waals surface area contributed by atoms with Gasteiger partial charge in [0.25, 0.3) is 0 Å². The molecule has 52 valence electrons. The van der Waals surface area contributed by atoms with Gasteiger partial charge in [-0.05, 0) is 18.9 Å². The third-order valence-corrected chi connectivity index (χ3v) is 1.71. The van der Waals surface area contributed by atoms with Crippen molar-refractivity contribution in [3.8, 4) is 0 Å². The Kier molecular flexibility index (Phi) is 1.09. The minimum Gasteiger partial charge on any atom is -0.296 e. The second kappa shape index (κ2) is 1.94. The molecule has 1 fully saturated rings. The molecule has 0 unspecified atom stereocenters. The molecule has 1 aromatic heterocycles. The van der Waals surface area contributed by atoms with Gasteiger partial charge in [0.15, 0.2) is 6.29 Å². The van der Waals surface area contributed by atoms with Crippen LogP contribution in [0.15, 0.2) is 12.3 Å². The normalized spacial score (nSPS) is 17.2. The largest absolute Gasteiger partial charge is 0.296 e. The molecule has 0 spiro atoms. The van der Waals surface area contributed by atoms with Crippen molar-refractivity contribution in [3.63, 3.8) is 0 Å². The van der Waals surface area contributed by atoms with E-state index in [1.165, 1.54) is 12.8 Å². The topological polar surface area (TPSA) is 34.9 Å². The first-order chi connectivity index (χ1) is 4.92. The van der Waals surface area contributed by atoms with E-state index in [4.69, 9.17) is 0 Å². The Bertz CT molecular complexity index is 250. The molecule has 1 saturated carbocycles. The molecule has 0 aliphatic heterocycles. The number of nitrogens with zero attached hydrogens (tertiary/aromatic N) is 2. The Morgan fingerprint density at radius 1 is 1.70 bits per heavy atom. The van der Waals surface area contributed by atoms with Gasteiger partial charge in [0.2, 0.25) is 0 Å². The lowest BCUT2D eigenvalue weighted by Crippen LogP contribution is -2.00. The van der Waals surface area contributed by atoms with Gasteiger partial charge in [-0.15, -0.1) is 0 Å². The van der Waals surface area contributed by atoms with E-state index in [-0.39, 0.29) is 0 Å². The first kappa shape index (κ1) is 5.65. The average molecular weight is 136 g/mol. The van der Waals surface area contributed by atoms with Gasteiger partial charge in [0, 0.05) is 6.20 Å². The van der Waals surface area contributed by atoms with Gasteiger partial charge < -0.3 is 0 Å². The Balaban J connectivity index is 2.37. The summed E-state index contributed by atoms with van der Waals surface area (Å²) in [5.74, 6) is 0. The SMILES string of the molecule is O=Cc1ccnn1C1CC1. The lowest BCUT2D eigenvalue weighted by atomic mass is 10.5. The van der Waals surface area contributed by atoms with Crippen LogP contribution in [-0.2, 0) is 0 Å². The molecular formula is C7H8N2O. The molecule has 3 heteroatoms. The van der Waals surface area contributed by atoms with Crippen molar-refractivity contribution in [2.24, 2.45) is 0 Å². The summed E-state index contributed by atoms with van der Waals surface area (Å²) >= 11 is 0. The Morgan fingerprint density at radius 3 is 3.10 bits per heavy atom. The molecule has 1 aromatic rings. The van der Waals surface area contributed by atoms with E-state index < -0.39 is 0 Å². The summed E-state index contributed by atoms with van der Waals surface area (Å²) in [6, 6.07) is 2.25. The number of hydrogen-bond donors (Lipinski definition) is 0. The predicted octanol–water partition coefficient (Wildman–Crippen LogP) is 1.03. The van der Waals surface area contributed by atoms with Crippen molar-refractivity contribution in [2.45, 2.75) is 18.9 Å². The van der Waals surface area contributed by atoms with E-state index >= 15 is 0 Å². The molecule has 0 saturated heterocycles. The minimum atomic E-state index is 0.509. The Labute approximate surface area is 58.7 Å². The Hall–Kier alpha value is -1.12. The highest BCUT2D eigenvalue weighted by Crippen LogP contribution is 2.34. The summed E-state index contributed by atoms with van der Waals surface area (Å²) in [6.45, 7) is 0. The fraction of sp³-hybridized carbons (Fsp3) is 0.429. The summed E-state index contributed by atoms with van der Waals surface area (Å²) in [5.41, 5.74) is 0.697. The molecule has 2 rings (SSSR count). The highest BCUT2D eigenvalue weighted by molar-refractivity contribution is 5.71. The second-order valence-electron chi connectivity index (χ2n) is 2.55. The van der Waals surface area contributed by atoms with Crippen LogP contribution in [0.3, 0.4) is 0 Å². The molecule has 0 atom stereocenters. The van der Waals surface area contributed by atoms with E-state index in [2.05, 4.69) is 5.10 Å². The van der Waals surface area contributed by atoms with Gasteiger partial charge in [-0.25, -0.2) is 0 Å². The summed E-state index contributed by atoms with van der Waals surface area (Å²) in [5, 5.41) is 4.03. The van der Waals surface area contributed by atoms with Gasteiger partial charge in [-0.1, -0.05) is 0 Å². The molecule has 1 heterocycles. The maximum Gasteiger partial charge on any atom is 0.168 e. The van der Waals surface area contributed by atoms with Crippen LogP contribution in [0.4, 0.5) is 0 Å². The monoisotopic (exact) mass is 136 g/mol. The molecule has 0 bridgehead atoms. The molecule has 0 aromatic carbocycles. The van der Waals surface area contributed by atoms with Crippen molar-refractivity contribution in [3.05, 3.63) is 18.0 Å². The van der Waals surface area contributed by atoms with Crippen LogP contribution in [0.25, 0.3) is 0 Å². The molecule has 0 N–H and O–H groups in total. The highest BCUT2D eigenvalue weighted by atomic mass is 16.1. The average Bonchev–Trinajstić information content (AvgIpc) is 2.69. The highest BCUT2D eigenvalue weighted by Gasteiger charge is 2.25. The van der Waals surface area contributed by atoms with Crippen LogP contribution in [0.5, 0.6) is 0 Å². The summed E-state index contributed by atoms with van der Waals surface area (Å²) in [6.07, 6.45) is 4.86. The van der Waals surface area contributed by atoms with E-state index in [1.54, 1.807) is 16.9 Å². The number of carbonyl (C=O) groups excluding carboxylic acids is 1. The lowest BCUT2D eigenvalue weighted by molar-refractivity contribution is 0.111. The third-order valence-electron chi connectivity index (χ3n) is 1.71. The zero-order valence-electron chi connectivity index (χ0n) is 5.53. The maximum absolute atomic E-state index is 10.4. The van der Waals surface area contributed by atoms with Gasteiger partial charge in [0.1, 0.15) is 5.69 Å². The van der Waals surface area contributed by atoms with Crippen LogP contribution in [0.1, 0.15) is 29.4 Å². The summed E-state index contributed by atoms with van der Waals surface area (Å²) in [4.78, 5) is 10.4. The van der Waals surface area contributed by atoms with Gasteiger partial charge >= 0.3 is 0 Å². The molecular weight excluding hydrogens is 128 g/mol. The lowest BCUT2D eigenvalue weighted by Gasteiger charge is -1.96. The van der Waals surface area contributed by atoms with E-state index in [9.17, 15) is 4.79 Å². The van der Waals surface area contributed by atoms with Crippen molar-refractivity contribution >= 4 is 6.29 Å². The first-order valence-electron chi connectivity index (χ1n) is 3.40. The van der Waals surface area contributed by atoms with Gasteiger partial charge in [0.05, 0.1) is 6.04 Å². The van der Waals surface area contributed by atoms with Crippen molar-refractivity contribution in [1.82, 2.24) is 9.78 Å². The van der Waals surface area contributed by atoms with Crippen LogP contribution < -0.4 is 0 Å². The Morgan fingerprint density at radius 2 is 2.50 bits per heavy atom. The maximum atomic E-state index is 10.4. The molecule has 1 aliphatic carbocycles. The number of hydrogen-bond acceptors (Lipinski definition) is 2. The van der Waals surface area contributed by atoms with Gasteiger partial charge in [-0.2, -0.15) is 5.10 Å².